The number of hydrogen-bond acceptors (Lipinski definition) is 3. The van der Waals surface area contributed by atoms with Crippen LogP contribution in [0.2, 0.25) is 0 Å². The van der Waals surface area contributed by atoms with Crippen molar-refractivity contribution in [3.05, 3.63) is 0 Å². The molecule has 0 spiro atoms. The molecule has 5 heteroatoms. The normalized spacial score (nSPS) is 22.0. The first-order valence-electron chi connectivity index (χ1n) is 8.00. The van der Waals surface area contributed by atoms with Crippen LogP contribution < -0.4 is 10.6 Å². The summed E-state index contributed by atoms with van der Waals surface area (Å²) >= 11 is 0. The zero-order valence-electron chi connectivity index (χ0n) is 14.3. The van der Waals surface area contributed by atoms with Crippen LogP contribution in [0.5, 0.6) is 0 Å². The quantitative estimate of drug-likeness (QED) is 0.809. The van der Waals surface area contributed by atoms with Gasteiger partial charge in [0.1, 0.15) is 6.04 Å². The first kappa shape index (κ1) is 18.0. The maximum atomic E-state index is 12.9. The van der Waals surface area contributed by atoms with Gasteiger partial charge in [0.25, 0.3) is 0 Å². The lowest BCUT2D eigenvalue weighted by Crippen LogP contribution is -2.58. The number of amides is 2. The Hall–Kier alpha value is -1.10. The molecule has 1 aliphatic heterocycles. The predicted molar refractivity (Wildman–Crippen MR) is 84.9 cm³/mol. The third-order valence-electron chi connectivity index (χ3n) is 4.36. The highest BCUT2D eigenvalue weighted by atomic mass is 16.2. The van der Waals surface area contributed by atoms with E-state index in [4.69, 9.17) is 0 Å². The molecule has 1 saturated heterocycles. The number of carbonyl (C=O) groups is 2. The van der Waals surface area contributed by atoms with Gasteiger partial charge in [-0.2, -0.15) is 0 Å². The van der Waals surface area contributed by atoms with Crippen molar-refractivity contribution in [2.45, 2.75) is 72.0 Å². The standard InChI is InChI=1S/C16H31N3O2/c1-7-12-9-8-10-19(12)15(21)13(16(3,4)5)18-14(20)11(2)17-6/h11-13,17H,7-10H2,1-6H3,(H,18,20)/t11-,12+,13+/m0/s1. The fourth-order valence-electron chi connectivity index (χ4n) is 2.76. The number of likely N-dealkylation sites (tertiary alicyclic amines) is 1. The Bertz CT molecular complexity index is 376. The number of hydrogen-bond donors (Lipinski definition) is 2. The van der Waals surface area contributed by atoms with E-state index in [1.165, 1.54) is 0 Å². The van der Waals surface area contributed by atoms with Crippen molar-refractivity contribution in [3.8, 4) is 0 Å². The van der Waals surface area contributed by atoms with Crippen molar-refractivity contribution in [1.29, 1.82) is 0 Å². The highest BCUT2D eigenvalue weighted by Gasteiger charge is 2.39. The van der Waals surface area contributed by atoms with E-state index in [-0.39, 0.29) is 23.3 Å². The molecule has 0 unspecified atom stereocenters. The van der Waals surface area contributed by atoms with E-state index in [9.17, 15) is 9.59 Å². The van der Waals surface area contributed by atoms with E-state index in [0.717, 1.165) is 25.8 Å². The second-order valence-corrected chi connectivity index (χ2v) is 7.05. The Morgan fingerprint density at radius 1 is 1.33 bits per heavy atom. The summed E-state index contributed by atoms with van der Waals surface area (Å²) in [5.41, 5.74) is -0.304. The lowest BCUT2D eigenvalue weighted by Gasteiger charge is -2.36. The topological polar surface area (TPSA) is 61.4 Å². The van der Waals surface area contributed by atoms with E-state index in [1.54, 1.807) is 14.0 Å². The molecule has 1 aliphatic rings. The molecule has 1 rings (SSSR count). The molecule has 1 fully saturated rings. The maximum absolute atomic E-state index is 12.9. The molecular formula is C16H31N3O2. The average molecular weight is 297 g/mol. The molecule has 2 amide bonds. The third-order valence-corrected chi connectivity index (χ3v) is 4.36. The number of carbonyl (C=O) groups excluding carboxylic acids is 2. The van der Waals surface area contributed by atoms with E-state index in [2.05, 4.69) is 17.6 Å². The zero-order chi connectivity index (χ0) is 16.2. The molecule has 0 aromatic rings. The van der Waals surface area contributed by atoms with Gasteiger partial charge in [0.2, 0.25) is 11.8 Å². The smallest absolute Gasteiger partial charge is 0.245 e. The lowest BCUT2D eigenvalue weighted by molar-refractivity contribution is -0.140. The maximum Gasteiger partial charge on any atom is 0.245 e. The van der Waals surface area contributed by atoms with Crippen molar-refractivity contribution in [2.75, 3.05) is 13.6 Å². The highest BCUT2D eigenvalue weighted by molar-refractivity contribution is 5.90. The van der Waals surface area contributed by atoms with Crippen molar-refractivity contribution in [2.24, 2.45) is 5.41 Å². The van der Waals surface area contributed by atoms with Gasteiger partial charge in [-0.3, -0.25) is 9.59 Å². The van der Waals surface area contributed by atoms with Gasteiger partial charge < -0.3 is 15.5 Å². The average Bonchev–Trinajstić information content (AvgIpc) is 2.89. The van der Waals surface area contributed by atoms with Gasteiger partial charge in [-0.15, -0.1) is 0 Å². The highest BCUT2D eigenvalue weighted by Crippen LogP contribution is 2.26. The van der Waals surface area contributed by atoms with Gasteiger partial charge in [-0.1, -0.05) is 27.7 Å². The summed E-state index contributed by atoms with van der Waals surface area (Å²) in [6.07, 6.45) is 3.10. The minimum Gasteiger partial charge on any atom is -0.342 e. The summed E-state index contributed by atoms with van der Waals surface area (Å²) in [6.45, 7) is 10.7. The second-order valence-electron chi connectivity index (χ2n) is 7.05. The molecule has 0 saturated carbocycles. The van der Waals surface area contributed by atoms with Crippen molar-refractivity contribution < 1.29 is 9.59 Å². The molecule has 5 nitrogen and oxygen atoms in total. The number of likely N-dealkylation sites (N-methyl/N-ethyl adjacent to an activating group) is 1. The van der Waals surface area contributed by atoms with Crippen molar-refractivity contribution in [3.63, 3.8) is 0 Å². The van der Waals surface area contributed by atoms with Crippen LogP contribution in [0.15, 0.2) is 0 Å². The first-order chi connectivity index (χ1) is 9.72. The minimum absolute atomic E-state index is 0.0588. The van der Waals surface area contributed by atoms with Crippen LogP contribution in [0.3, 0.4) is 0 Å². The van der Waals surface area contributed by atoms with Crippen molar-refractivity contribution >= 4 is 11.8 Å². The molecule has 2 N–H and O–H groups in total. The summed E-state index contributed by atoms with van der Waals surface area (Å²) < 4.78 is 0. The SMILES string of the molecule is CC[C@@H]1CCCN1C(=O)[C@@H](NC(=O)[C@H](C)NC)C(C)(C)C. The van der Waals surface area contributed by atoms with Crippen LogP contribution in [-0.4, -0.2) is 48.4 Å². The Morgan fingerprint density at radius 2 is 1.95 bits per heavy atom. The van der Waals surface area contributed by atoms with Crippen LogP contribution in [-0.2, 0) is 9.59 Å². The van der Waals surface area contributed by atoms with Gasteiger partial charge in [0.15, 0.2) is 0 Å². The van der Waals surface area contributed by atoms with E-state index < -0.39 is 6.04 Å². The summed E-state index contributed by atoms with van der Waals surface area (Å²) in [5, 5.41) is 5.85. The van der Waals surface area contributed by atoms with Crippen LogP contribution in [0.1, 0.15) is 53.9 Å². The largest absolute Gasteiger partial charge is 0.342 e. The summed E-state index contributed by atoms with van der Waals surface area (Å²) in [4.78, 5) is 27.0. The molecular weight excluding hydrogens is 266 g/mol. The zero-order valence-corrected chi connectivity index (χ0v) is 14.3. The van der Waals surface area contributed by atoms with E-state index in [1.807, 2.05) is 25.7 Å². The number of nitrogens with zero attached hydrogens (tertiary/aromatic N) is 1. The first-order valence-corrected chi connectivity index (χ1v) is 8.00. The second kappa shape index (κ2) is 7.25. The fraction of sp³-hybridized carbons (Fsp3) is 0.875. The molecule has 122 valence electrons. The Labute approximate surface area is 128 Å². The van der Waals surface area contributed by atoms with E-state index >= 15 is 0 Å². The van der Waals surface area contributed by atoms with Crippen LogP contribution in [0, 0.1) is 5.41 Å². The molecule has 0 radical (unpaired) electrons. The molecule has 0 aromatic carbocycles. The Balaban J connectivity index is 2.88. The lowest BCUT2D eigenvalue weighted by atomic mass is 9.85. The summed E-state index contributed by atoms with van der Waals surface area (Å²) in [5.74, 6) is -0.0680. The van der Waals surface area contributed by atoms with Crippen molar-refractivity contribution in [1.82, 2.24) is 15.5 Å². The van der Waals surface area contributed by atoms with Gasteiger partial charge in [0, 0.05) is 12.6 Å². The van der Waals surface area contributed by atoms with Crippen LogP contribution >= 0.6 is 0 Å². The monoisotopic (exact) mass is 297 g/mol. The fourth-order valence-corrected chi connectivity index (χ4v) is 2.76. The molecule has 1 heterocycles. The number of rotatable bonds is 5. The van der Waals surface area contributed by atoms with Gasteiger partial charge in [0.05, 0.1) is 6.04 Å². The molecule has 0 aliphatic carbocycles. The minimum atomic E-state index is -0.479. The Morgan fingerprint density at radius 3 is 2.43 bits per heavy atom. The molecule has 0 aromatic heterocycles. The molecule has 3 atom stereocenters. The van der Waals surface area contributed by atoms with Gasteiger partial charge in [-0.25, -0.2) is 0 Å². The summed E-state index contributed by atoms with van der Waals surface area (Å²) in [7, 11) is 1.74. The number of nitrogens with one attached hydrogen (secondary N) is 2. The van der Waals surface area contributed by atoms with Crippen LogP contribution in [0.25, 0.3) is 0 Å². The van der Waals surface area contributed by atoms with Gasteiger partial charge >= 0.3 is 0 Å². The molecule has 0 bridgehead atoms. The molecule has 21 heavy (non-hydrogen) atoms. The predicted octanol–water partition coefficient (Wildman–Crippen LogP) is 1.53. The van der Waals surface area contributed by atoms with E-state index in [0.29, 0.717) is 6.04 Å². The van der Waals surface area contributed by atoms with Crippen LogP contribution in [0.4, 0.5) is 0 Å². The third kappa shape index (κ3) is 4.43. The Kier molecular flexibility index (Phi) is 6.20. The summed E-state index contributed by atoms with van der Waals surface area (Å²) in [6, 6.07) is -0.461. The van der Waals surface area contributed by atoms with Gasteiger partial charge in [-0.05, 0) is 38.6 Å².